The van der Waals surface area contributed by atoms with Crippen LogP contribution in [0.25, 0.3) is 11.1 Å². The Kier molecular flexibility index (Phi) is 5.74. The molecule has 28 heavy (non-hydrogen) atoms. The maximum absolute atomic E-state index is 13.5. The number of piperidine rings is 1. The Bertz CT molecular complexity index is 785. The van der Waals surface area contributed by atoms with Gasteiger partial charge in [0.05, 0.1) is 11.5 Å². The van der Waals surface area contributed by atoms with Crippen molar-refractivity contribution in [3.8, 4) is 11.1 Å². The molecule has 1 atom stereocenters. The van der Waals surface area contributed by atoms with Crippen LogP contribution in [0.4, 0.5) is 0 Å². The summed E-state index contributed by atoms with van der Waals surface area (Å²) in [5.74, 6) is 0.188. The van der Waals surface area contributed by atoms with Gasteiger partial charge < -0.3 is 14.7 Å². The highest BCUT2D eigenvalue weighted by atomic mass is 16.5. The molecule has 5 nitrogen and oxygen atoms in total. The topological polar surface area (TPSA) is 62.7 Å². The van der Waals surface area contributed by atoms with Crippen LogP contribution in [0.3, 0.4) is 0 Å². The minimum atomic E-state index is -0.423. The second-order valence-corrected chi connectivity index (χ2v) is 8.05. The summed E-state index contributed by atoms with van der Waals surface area (Å²) in [5, 5.41) is 10.0. The van der Waals surface area contributed by atoms with E-state index in [1.165, 1.54) is 5.56 Å². The van der Waals surface area contributed by atoms with Crippen molar-refractivity contribution in [3.63, 3.8) is 0 Å². The number of aromatic nitrogens is 1. The first-order valence-corrected chi connectivity index (χ1v) is 10.2. The molecule has 148 valence electrons. The molecule has 2 saturated heterocycles. The van der Waals surface area contributed by atoms with Gasteiger partial charge in [0.2, 0.25) is 5.91 Å². The molecule has 0 bridgehead atoms. The van der Waals surface area contributed by atoms with E-state index in [1.807, 2.05) is 17.0 Å². The van der Waals surface area contributed by atoms with Crippen molar-refractivity contribution in [1.29, 1.82) is 0 Å². The number of aliphatic hydroxyl groups is 1. The van der Waals surface area contributed by atoms with Crippen molar-refractivity contribution in [2.45, 2.75) is 38.2 Å². The van der Waals surface area contributed by atoms with Crippen LogP contribution >= 0.6 is 0 Å². The van der Waals surface area contributed by atoms with Gasteiger partial charge in [-0.1, -0.05) is 24.3 Å². The van der Waals surface area contributed by atoms with E-state index in [4.69, 9.17) is 4.74 Å². The van der Waals surface area contributed by atoms with Crippen molar-refractivity contribution < 1.29 is 14.6 Å². The van der Waals surface area contributed by atoms with E-state index in [2.05, 4.69) is 29.2 Å². The summed E-state index contributed by atoms with van der Waals surface area (Å²) >= 11 is 0. The van der Waals surface area contributed by atoms with Gasteiger partial charge in [-0.05, 0) is 60.9 Å². The molecule has 0 aliphatic carbocycles. The normalized spacial score (nSPS) is 22.0. The zero-order chi connectivity index (χ0) is 19.4. The number of aliphatic hydroxyl groups excluding tert-OH is 1. The highest BCUT2D eigenvalue weighted by Crippen LogP contribution is 2.37. The molecule has 0 unspecified atom stereocenters. The quantitative estimate of drug-likeness (QED) is 0.885. The molecule has 1 N–H and O–H groups in total. The van der Waals surface area contributed by atoms with Gasteiger partial charge in [0.25, 0.3) is 0 Å². The maximum atomic E-state index is 13.5. The van der Waals surface area contributed by atoms with Gasteiger partial charge in [-0.3, -0.25) is 9.78 Å². The summed E-state index contributed by atoms with van der Waals surface area (Å²) in [6.45, 7) is 2.45. The second kappa shape index (κ2) is 8.41. The van der Waals surface area contributed by atoms with E-state index in [0.717, 1.165) is 49.8 Å². The van der Waals surface area contributed by atoms with Gasteiger partial charge in [0, 0.05) is 38.7 Å². The summed E-state index contributed by atoms with van der Waals surface area (Å²) in [4.78, 5) is 19.4. The summed E-state index contributed by atoms with van der Waals surface area (Å²) in [6.07, 6.45) is 7.07. The average molecular weight is 380 g/mol. The molecule has 5 heteroatoms. The van der Waals surface area contributed by atoms with Gasteiger partial charge in [-0.15, -0.1) is 0 Å². The molecular weight excluding hydrogens is 352 g/mol. The Morgan fingerprint density at radius 2 is 1.79 bits per heavy atom. The third-order valence-electron chi connectivity index (χ3n) is 6.10. The number of β-amino-alcohol motifs (C(OH)–C–C–N with tert-alkyl or cyclic N) is 1. The number of carbonyl (C=O) groups is 1. The van der Waals surface area contributed by atoms with E-state index < -0.39 is 11.5 Å². The third-order valence-corrected chi connectivity index (χ3v) is 6.10. The molecule has 0 saturated carbocycles. The first-order valence-electron chi connectivity index (χ1n) is 10.2. The Hall–Kier alpha value is -2.24. The zero-order valence-electron chi connectivity index (χ0n) is 16.2. The molecule has 0 radical (unpaired) electrons. The number of rotatable bonds is 4. The van der Waals surface area contributed by atoms with Crippen molar-refractivity contribution in [2.75, 3.05) is 26.3 Å². The molecule has 2 aromatic rings. The number of pyridine rings is 1. The number of hydrogen-bond acceptors (Lipinski definition) is 4. The van der Waals surface area contributed by atoms with Crippen LogP contribution in [0.2, 0.25) is 0 Å². The number of carbonyl (C=O) groups excluding carboxylic acids is 1. The molecule has 4 rings (SSSR count). The number of nitrogens with zero attached hydrogens (tertiary/aromatic N) is 2. The molecule has 3 heterocycles. The van der Waals surface area contributed by atoms with Crippen LogP contribution in [0.1, 0.15) is 31.2 Å². The van der Waals surface area contributed by atoms with Crippen LogP contribution in [0, 0.1) is 5.41 Å². The molecule has 2 aliphatic rings. The molecule has 0 spiro atoms. The predicted molar refractivity (Wildman–Crippen MR) is 108 cm³/mol. The maximum Gasteiger partial charge on any atom is 0.229 e. The molecule has 1 aromatic heterocycles. The van der Waals surface area contributed by atoms with Gasteiger partial charge in [-0.25, -0.2) is 0 Å². The summed E-state index contributed by atoms with van der Waals surface area (Å²) in [5.41, 5.74) is 3.04. The van der Waals surface area contributed by atoms with Crippen molar-refractivity contribution >= 4 is 5.91 Å². The number of benzene rings is 1. The van der Waals surface area contributed by atoms with E-state index >= 15 is 0 Å². The predicted octanol–water partition coefficient (Wildman–Crippen LogP) is 3.07. The van der Waals surface area contributed by atoms with Crippen molar-refractivity contribution in [2.24, 2.45) is 5.41 Å². The average Bonchev–Trinajstić information content (AvgIpc) is 2.75. The number of hydrogen-bond donors (Lipinski definition) is 1. The minimum absolute atomic E-state index is 0.188. The number of ether oxygens (including phenoxy) is 1. The monoisotopic (exact) mass is 380 g/mol. The Morgan fingerprint density at radius 1 is 1.11 bits per heavy atom. The van der Waals surface area contributed by atoms with Crippen molar-refractivity contribution in [3.05, 3.63) is 54.4 Å². The van der Waals surface area contributed by atoms with Crippen LogP contribution in [0.15, 0.2) is 48.8 Å². The van der Waals surface area contributed by atoms with E-state index in [0.29, 0.717) is 19.8 Å². The van der Waals surface area contributed by atoms with E-state index in [9.17, 15) is 9.90 Å². The number of amides is 1. The fourth-order valence-electron chi connectivity index (χ4n) is 4.45. The minimum Gasteiger partial charge on any atom is -0.391 e. The lowest BCUT2D eigenvalue weighted by molar-refractivity contribution is -0.151. The lowest BCUT2D eigenvalue weighted by Gasteiger charge is -2.42. The molecule has 1 aromatic carbocycles. The third kappa shape index (κ3) is 4.10. The van der Waals surface area contributed by atoms with Gasteiger partial charge in [0.1, 0.15) is 0 Å². The second-order valence-electron chi connectivity index (χ2n) is 8.05. The van der Waals surface area contributed by atoms with Gasteiger partial charge in [-0.2, -0.15) is 0 Å². The molecular formula is C23H28N2O3. The summed E-state index contributed by atoms with van der Waals surface area (Å²) < 4.78 is 5.57. The molecule has 1 amide bonds. The fraction of sp³-hybridized carbons (Fsp3) is 0.478. The summed E-state index contributed by atoms with van der Waals surface area (Å²) in [7, 11) is 0. The largest absolute Gasteiger partial charge is 0.391 e. The lowest BCUT2D eigenvalue weighted by Crippen LogP contribution is -2.52. The summed E-state index contributed by atoms with van der Waals surface area (Å²) in [6, 6.07) is 12.5. The number of likely N-dealkylation sites (tertiary alicyclic amines) is 1. The first kappa shape index (κ1) is 19.1. The van der Waals surface area contributed by atoms with Crippen LogP contribution in [-0.4, -0.2) is 53.3 Å². The fourth-order valence-corrected chi connectivity index (χ4v) is 4.45. The lowest BCUT2D eigenvalue weighted by atomic mass is 9.73. The standard InChI is InChI=1S/C23H28N2O3/c26-21-2-1-13-25(17-21)22(27)23(9-14-28-15-10-23)16-18-3-5-19(6-4-18)20-7-11-24-12-8-20/h3-8,11-12,21,26H,1-2,9-10,13-17H2/t21-/m1/s1. The van der Waals surface area contributed by atoms with E-state index in [1.54, 1.807) is 12.4 Å². The zero-order valence-corrected chi connectivity index (χ0v) is 16.2. The Labute approximate surface area is 166 Å². The van der Waals surface area contributed by atoms with Gasteiger partial charge >= 0.3 is 0 Å². The van der Waals surface area contributed by atoms with Crippen LogP contribution in [0.5, 0.6) is 0 Å². The molecule has 2 aliphatic heterocycles. The Morgan fingerprint density at radius 3 is 2.46 bits per heavy atom. The Balaban J connectivity index is 1.54. The molecule has 2 fully saturated rings. The SMILES string of the molecule is O=C(N1CCC[C@@H](O)C1)C1(Cc2ccc(-c3ccncc3)cc2)CCOCC1. The highest BCUT2D eigenvalue weighted by Gasteiger charge is 2.43. The first-order chi connectivity index (χ1) is 13.7. The smallest absolute Gasteiger partial charge is 0.229 e. The van der Waals surface area contributed by atoms with E-state index in [-0.39, 0.29) is 5.91 Å². The van der Waals surface area contributed by atoms with Crippen LogP contribution in [-0.2, 0) is 16.0 Å². The van der Waals surface area contributed by atoms with Crippen molar-refractivity contribution in [1.82, 2.24) is 9.88 Å². The van der Waals surface area contributed by atoms with Crippen LogP contribution < -0.4 is 0 Å². The highest BCUT2D eigenvalue weighted by molar-refractivity contribution is 5.83. The van der Waals surface area contributed by atoms with Gasteiger partial charge in [0.15, 0.2) is 0 Å².